The Morgan fingerprint density at radius 2 is 1.83 bits per heavy atom. The minimum Gasteiger partial charge on any atom is -0.378 e. The van der Waals surface area contributed by atoms with Gasteiger partial charge in [-0.3, -0.25) is 0 Å². The number of benzene rings is 1. The lowest BCUT2D eigenvalue weighted by Gasteiger charge is -2.11. The summed E-state index contributed by atoms with van der Waals surface area (Å²) in [7, 11) is 4.00. The molecule has 12 heavy (non-hydrogen) atoms. The number of nitrogens with zero attached hydrogens (tertiary/aromatic N) is 2. The third-order valence-corrected chi connectivity index (χ3v) is 1.74. The molecule has 0 aliphatic rings. The fourth-order valence-electron chi connectivity index (χ4n) is 1.00. The smallest absolute Gasteiger partial charge is 0.0669 e. The number of hydrogen-bond donors (Lipinski definition) is 0. The molecule has 2 nitrogen and oxygen atoms in total. The van der Waals surface area contributed by atoms with Gasteiger partial charge in [0.05, 0.1) is 12.5 Å². The standard InChI is InChI=1S/C10H12N2/c1-12(2)10-5-3-9(4-6-10)7-8-11/h3-6H,7H2,1-2H3. The van der Waals surface area contributed by atoms with Crippen molar-refractivity contribution in [3.8, 4) is 6.07 Å². The summed E-state index contributed by atoms with van der Waals surface area (Å²) in [6.45, 7) is 0. The van der Waals surface area contributed by atoms with Crippen LogP contribution in [0.2, 0.25) is 0 Å². The van der Waals surface area contributed by atoms with Crippen LogP contribution in [-0.4, -0.2) is 14.1 Å². The number of rotatable bonds is 2. The minimum atomic E-state index is 0.494. The molecule has 62 valence electrons. The third-order valence-electron chi connectivity index (χ3n) is 1.74. The number of anilines is 1. The maximum atomic E-state index is 8.44. The van der Waals surface area contributed by atoms with Crippen LogP contribution in [0, 0.1) is 11.3 Å². The van der Waals surface area contributed by atoms with Crippen LogP contribution in [0.3, 0.4) is 0 Å². The Morgan fingerprint density at radius 1 is 1.25 bits per heavy atom. The normalized spacial score (nSPS) is 9.08. The Morgan fingerprint density at radius 3 is 2.25 bits per heavy atom. The van der Waals surface area contributed by atoms with Crippen LogP contribution >= 0.6 is 0 Å². The fourth-order valence-corrected chi connectivity index (χ4v) is 1.00. The van der Waals surface area contributed by atoms with Crippen LogP contribution < -0.4 is 4.90 Å². The van der Waals surface area contributed by atoms with Crippen LogP contribution in [0.15, 0.2) is 24.3 Å². The van der Waals surface area contributed by atoms with E-state index in [9.17, 15) is 0 Å². The first-order valence-electron chi connectivity index (χ1n) is 3.87. The summed E-state index contributed by atoms with van der Waals surface area (Å²) in [5.41, 5.74) is 2.24. The van der Waals surface area contributed by atoms with Crippen LogP contribution in [0.1, 0.15) is 5.56 Å². The molecule has 0 saturated heterocycles. The van der Waals surface area contributed by atoms with Crippen LogP contribution in [-0.2, 0) is 6.42 Å². The first kappa shape index (κ1) is 8.61. The molecule has 0 N–H and O–H groups in total. The van der Waals surface area contributed by atoms with Gasteiger partial charge in [-0.25, -0.2) is 0 Å². The molecule has 1 rings (SSSR count). The van der Waals surface area contributed by atoms with Gasteiger partial charge >= 0.3 is 0 Å². The van der Waals surface area contributed by atoms with Crippen LogP contribution in [0.25, 0.3) is 0 Å². The lowest BCUT2D eigenvalue weighted by Crippen LogP contribution is -2.08. The van der Waals surface area contributed by atoms with E-state index in [1.165, 1.54) is 0 Å². The van der Waals surface area contributed by atoms with Gasteiger partial charge in [0, 0.05) is 19.8 Å². The van der Waals surface area contributed by atoms with E-state index in [1.54, 1.807) is 0 Å². The summed E-state index contributed by atoms with van der Waals surface area (Å²) < 4.78 is 0. The summed E-state index contributed by atoms with van der Waals surface area (Å²) in [5, 5.41) is 8.44. The summed E-state index contributed by atoms with van der Waals surface area (Å²) in [6, 6.07) is 10.1. The molecule has 0 aliphatic heterocycles. The highest BCUT2D eigenvalue weighted by Crippen LogP contribution is 2.11. The Kier molecular flexibility index (Phi) is 2.71. The maximum absolute atomic E-state index is 8.44. The monoisotopic (exact) mass is 160 g/mol. The molecule has 0 unspecified atom stereocenters. The van der Waals surface area contributed by atoms with E-state index in [0.29, 0.717) is 6.42 Å². The van der Waals surface area contributed by atoms with Crippen molar-refractivity contribution < 1.29 is 0 Å². The molecule has 0 fully saturated rings. The molecular weight excluding hydrogens is 148 g/mol. The zero-order valence-electron chi connectivity index (χ0n) is 7.41. The van der Waals surface area contributed by atoms with Crippen LogP contribution in [0.4, 0.5) is 5.69 Å². The Labute approximate surface area is 73.0 Å². The first-order valence-corrected chi connectivity index (χ1v) is 3.87. The van der Waals surface area contributed by atoms with E-state index in [-0.39, 0.29) is 0 Å². The molecule has 0 aromatic heterocycles. The molecule has 0 bridgehead atoms. The highest BCUT2D eigenvalue weighted by atomic mass is 15.1. The molecule has 0 heterocycles. The van der Waals surface area contributed by atoms with Gasteiger partial charge in [-0.05, 0) is 17.7 Å². The second-order valence-corrected chi connectivity index (χ2v) is 2.90. The van der Waals surface area contributed by atoms with Crippen molar-refractivity contribution in [3.05, 3.63) is 29.8 Å². The van der Waals surface area contributed by atoms with Gasteiger partial charge in [-0.1, -0.05) is 12.1 Å². The summed E-state index contributed by atoms with van der Waals surface area (Å²) >= 11 is 0. The van der Waals surface area contributed by atoms with Crippen molar-refractivity contribution in [2.24, 2.45) is 0 Å². The van der Waals surface area contributed by atoms with Crippen LogP contribution in [0.5, 0.6) is 0 Å². The first-order chi connectivity index (χ1) is 5.74. The van der Waals surface area contributed by atoms with Gasteiger partial charge < -0.3 is 4.90 Å². The van der Waals surface area contributed by atoms with E-state index >= 15 is 0 Å². The van der Waals surface area contributed by atoms with Gasteiger partial charge in [0.2, 0.25) is 0 Å². The summed E-state index contributed by atoms with van der Waals surface area (Å²) in [4.78, 5) is 2.04. The minimum absolute atomic E-state index is 0.494. The van der Waals surface area contributed by atoms with E-state index in [0.717, 1.165) is 11.3 Å². The number of nitriles is 1. The molecule has 0 spiro atoms. The van der Waals surface area contributed by atoms with Gasteiger partial charge in [-0.15, -0.1) is 0 Å². The zero-order valence-corrected chi connectivity index (χ0v) is 7.41. The van der Waals surface area contributed by atoms with E-state index in [4.69, 9.17) is 5.26 Å². The quantitative estimate of drug-likeness (QED) is 0.659. The molecule has 1 aromatic rings. The molecule has 0 radical (unpaired) electrons. The zero-order chi connectivity index (χ0) is 8.97. The summed E-state index contributed by atoms with van der Waals surface area (Å²) in [6.07, 6.45) is 0.494. The third kappa shape index (κ3) is 2.00. The highest BCUT2D eigenvalue weighted by molar-refractivity contribution is 5.46. The Hall–Kier alpha value is -1.49. The van der Waals surface area contributed by atoms with E-state index in [1.807, 2.05) is 43.3 Å². The van der Waals surface area contributed by atoms with Gasteiger partial charge in [0.15, 0.2) is 0 Å². The number of hydrogen-bond acceptors (Lipinski definition) is 2. The Balaban J connectivity index is 2.80. The van der Waals surface area contributed by atoms with E-state index < -0.39 is 0 Å². The molecule has 0 aliphatic carbocycles. The van der Waals surface area contributed by atoms with Crippen molar-refractivity contribution >= 4 is 5.69 Å². The molecule has 0 atom stereocenters. The second-order valence-electron chi connectivity index (χ2n) is 2.90. The van der Waals surface area contributed by atoms with Gasteiger partial charge in [0.1, 0.15) is 0 Å². The van der Waals surface area contributed by atoms with Crippen molar-refractivity contribution in [2.45, 2.75) is 6.42 Å². The topological polar surface area (TPSA) is 27.0 Å². The molecule has 0 amide bonds. The lowest BCUT2D eigenvalue weighted by molar-refractivity contribution is 1.13. The lowest BCUT2D eigenvalue weighted by atomic mass is 10.1. The SMILES string of the molecule is CN(C)c1ccc(CC#N)cc1. The highest BCUT2D eigenvalue weighted by Gasteiger charge is 1.94. The van der Waals surface area contributed by atoms with Gasteiger partial charge in [0.25, 0.3) is 0 Å². The molecule has 0 saturated carbocycles. The van der Waals surface area contributed by atoms with Crippen molar-refractivity contribution in [2.75, 3.05) is 19.0 Å². The maximum Gasteiger partial charge on any atom is 0.0669 e. The molecular formula is C10H12N2. The van der Waals surface area contributed by atoms with Crippen molar-refractivity contribution in [1.82, 2.24) is 0 Å². The average molecular weight is 160 g/mol. The fraction of sp³-hybridized carbons (Fsp3) is 0.300. The van der Waals surface area contributed by atoms with E-state index in [2.05, 4.69) is 6.07 Å². The molecule has 2 heteroatoms. The summed E-state index contributed by atoms with van der Waals surface area (Å²) in [5.74, 6) is 0. The van der Waals surface area contributed by atoms with Gasteiger partial charge in [-0.2, -0.15) is 5.26 Å². The molecule has 1 aromatic carbocycles. The predicted molar refractivity (Wildman–Crippen MR) is 50.1 cm³/mol. The van der Waals surface area contributed by atoms with Crippen molar-refractivity contribution in [3.63, 3.8) is 0 Å². The Bertz CT molecular complexity index is 280. The average Bonchev–Trinajstić information content (AvgIpc) is 2.06. The second kappa shape index (κ2) is 3.77. The largest absolute Gasteiger partial charge is 0.378 e. The predicted octanol–water partition coefficient (Wildman–Crippen LogP) is 1.82. The van der Waals surface area contributed by atoms with Crippen molar-refractivity contribution in [1.29, 1.82) is 5.26 Å².